The zero-order chi connectivity index (χ0) is 12.3. The van der Waals surface area contributed by atoms with Gasteiger partial charge in [-0.05, 0) is 37.1 Å². The quantitative estimate of drug-likeness (QED) is 0.647. The molecule has 0 saturated heterocycles. The highest BCUT2D eigenvalue weighted by Crippen LogP contribution is 2.23. The molecule has 0 aliphatic rings. The van der Waals surface area contributed by atoms with Gasteiger partial charge in [0.2, 0.25) is 0 Å². The third kappa shape index (κ3) is 2.85. The molecule has 0 fully saturated rings. The molecule has 0 saturated carbocycles. The monoisotopic (exact) mass is 251 g/mol. The molecule has 2 aromatic rings. The number of nitrogens with one attached hydrogen (secondary N) is 1. The lowest BCUT2D eigenvalue weighted by molar-refractivity contribution is 0.403. The maximum atomic E-state index is 6.06. The van der Waals surface area contributed by atoms with Crippen molar-refractivity contribution in [3.05, 3.63) is 52.7 Å². The maximum Gasteiger partial charge on any atom is 0.122 e. The molecule has 0 radical (unpaired) electrons. The van der Waals surface area contributed by atoms with Gasteiger partial charge in [0.1, 0.15) is 11.5 Å². The van der Waals surface area contributed by atoms with E-state index < -0.39 is 0 Å². The predicted octanol–water partition coefficient (Wildman–Crippen LogP) is 2.38. The smallest absolute Gasteiger partial charge is 0.122 e. The Labute approximate surface area is 105 Å². The Balaban J connectivity index is 2.18. The lowest BCUT2D eigenvalue weighted by atomic mass is 10.1. The zero-order valence-corrected chi connectivity index (χ0v) is 10.2. The largest absolute Gasteiger partial charge is 0.465 e. The van der Waals surface area contributed by atoms with Crippen LogP contribution in [-0.4, -0.2) is 4.98 Å². The fraction of sp³-hybridized carbons (Fsp3) is 0.250. The summed E-state index contributed by atoms with van der Waals surface area (Å²) in [7, 11) is 0. The van der Waals surface area contributed by atoms with Crippen molar-refractivity contribution in [1.29, 1.82) is 0 Å². The Hall–Kier alpha value is -1.36. The second-order valence-electron chi connectivity index (χ2n) is 3.84. The van der Waals surface area contributed by atoms with Crippen LogP contribution in [0.1, 0.15) is 23.1 Å². The van der Waals surface area contributed by atoms with E-state index in [0.29, 0.717) is 11.4 Å². The molecule has 3 N–H and O–H groups in total. The van der Waals surface area contributed by atoms with Crippen molar-refractivity contribution >= 4 is 11.6 Å². The average molecular weight is 252 g/mol. The predicted molar refractivity (Wildman–Crippen MR) is 66.5 cm³/mol. The van der Waals surface area contributed by atoms with Gasteiger partial charge in [0.05, 0.1) is 11.1 Å². The average Bonchev–Trinajstić information content (AvgIpc) is 2.75. The summed E-state index contributed by atoms with van der Waals surface area (Å²) in [6, 6.07) is 5.61. The third-order valence-corrected chi connectivity index (χ3v) is 2.93. The van der Waals surface area contributed by atoms with Gasteiger partial charge in [0, 0.05) is 12.4 Å². The van der Waals surface area contributed by atoms with Crippen molar-refractivity contribution in [1.82, 2.24) is 10.4 Å². The fourth-order valence-corrected chi connectivity index (χ4v) is 1.87. The number of halogens is 1. The first-order chi connectivity index (χ1) is 8.20. The molecule has 1 atom stereocenters. The van der Waals surface area contributed by atoms with Gasteiger partial charge in [-0.3, -0.25) is 10.8 Å². The van der Waals surface area contributed by atoms with Crippen LogP contribution in [0.25, 0.3) is 0 Å². The van der Waals surface area contributed by atoms with E-state index in [4.69, 9.17) is 21.9 Å². The number of nitrogens with zero attached hydrogens (tertiary/aromatic N) is 1. The van der Waals surface area contributed by atoms with E-state index >= 15 is 0 Å². The molecule has 4 nitrogen and oxygen atoms in total. The van der Waals surface area contributed by atoms with Gasteiger partial charge in [0.15, 0.2) is 0 Å². The van der Waals surface area contributed by atoms with Crippen molar-refractivity contribution in [2.45, 2.75) is 19.4 Å². The highest BCUT2D eigenvalue weighted by molar-refractivity contribution is 6.31. The third-order valence-electron chi connectivity index (χ3n) is 2.59. The zero-order valence-electron chi connectivity index (χ0n) is 9.48. The molecule has 5 heteroatoms. The summed E-state index contributed by atoms with van der Waals surface area (Å²) in [5.41, 5.74) is 3.72. The number of aromatic nitrogens is 1. The van der Waals surface area contributed by atoms with E-state index in [9.17, 15) is 0 Å². The van der Waals surface area contributed by atoms with Gasteiger partial charge < -0.3 is 4.42 Å². The standard InChI is InChI=1S/C12H14ClN3O/c1-8-2-3-12(17-8)11(16-14)6-9-4-5-15-7-10(9)13/h2-5,7,11,16H,6,14H2,1H3. The van der Waals surface area contributed by atoms with Gasteiger partial charge in [-0.25, -0.2) is 5.43 Å². The molecule has 17 heavy (non-hydrogen) atoms. The molecule has 0 aliphatic heterocycles. The molecule has 2 aromatic heterocycles. The number of furan rings is 1. The number of pyridine rings is 1. The van der Waals surface area contributed by atoms with Crippen LogP contribution >= 0.6 is 11.6 Å². The Kier molecular flexibility index (Phi) is 3.78. The fourth-order valence-electron chi connectivity index (χ4n) is 1.67. The van der Waals surface area contributed by atoms with E-state index in [-0.39, 0.29) is 6.04 Å². The van der Waals surface area contributed by atoms with Crippen LogP contribution in [0.4, 0.5) is 0 Å². The number of hydrazine groups is 1. The molecule has 0 aliphatic carbocycles. The Bertz CT molecular complexity index is 498. The van der Waals surface area contributed by atoms with Gasteiger partial charge in [-0.2, -0.15) is 0 Å². The second kappa shape index (κ2) is 5.31. The first kappa shape index (κ1) is 12.1. The number of rotatable bonds is 4. The highest BCUT2D eigenvalue weighted by Gasteiger charge is 2.15. The van der Waals surface area contributed by atoms with Gasteiger partial charge in [-0.1, -0.05) is 11.6 Å². The summed E-state index contributed by atoms with van der Waals surface area (Å²) < 4.78 is 5.55. The van der Waals surface area contributed by atoms with Crippen molar-refractivity contribution in [3.8, 4) is 0 Å². The summed E-state index contributed by atoms with van der Waals surface area (Å²) in [5, 5.41) is 0.635. The summed E-state index contributed by atoms with van der Waals surface area (Å²) in [4.78, 5) is 3.95. The van der Waals surface area contributed by atoms with Crippen LogP contribution in [0.15, 0.2) is 35.0 Å². The molecule has 0 amide bonds. The molecule has 0 aromatic carbocycles. The lowest BCUT2D eigenvalue weighted by Crippen LogP contribution is -2.29. The van der Waals surface area contributed by atoms with Gasteiger partial charge in [-0.15, -0.1) is 0 Å². The van der Waals surface area contributed by atoms with E-state index in [1.54, 1.807) is 12.4 Å². The van der Waals surface area contributed by atoms with E-state index in [1.165, 1.54) is 0 Å². The first-order valence-corrected chi connectivity index (χ1v) is 5.69. The number of aryl methyl sites for hydroxylation is 1. The van der Waals surface area contributed by atoms with Crippen LogP contribution in [0.5, 0.6) is 0 Å². The molecule has 0 bridgehead atoms. The Morgan fingerprint density at radius 1 is 1.47 bits per heavy atom. The summed E-state index contributed by atoms with van der Waals surface area (Å²) in [6.07, 6.45) is 3.99. The van der Waals surface area contributed by atoms with Crippen molar-refractivity contribution < 1.29 is 4.42 Å². The SMILES string of the molecule is Cc1ccc(C(Cc2ccncc2Cl)NN)o1. The Morgan fingerprint density at radius 2 is 2.29 bits per heavy atom. The van der Waals surface area contributed by atoms with Crippen molar-refractivity contribution in [3.63, 3.8) is 0 Å². The van der Waals surface area contributed by atoms with Crippen LogP contribution in [0.2, 0.25) is 5.02 Å². The molecule has 2 heterocycles. The highest BCUT2D eigenvalue weighted by atomic mass is 35.5. The molecular formula is C12H14ClN3O. The molecule has 0 spiro atoms. The van der Waals surface area contributed by atoms with Crippen LogP contribution < -0.4 is 11.3 Å². The first-order valence-electron chi connectivity index (χ1n) is 5.31. The number of hydrogen-bond donors (Lipinski definition) is 2. The molecular weight excluding hydrogens is 238 g/mol. The van der Waals surface area contributed by atoms with Gasteiger partial charge >= 0.3 is 0 Å². The lowest BCUT2D eigenvalue weighted by Gasteiger charge is -2.14. The molecule has 2 rings (SSSR count). The second-order valence-corrected chi connectivity index (χ2v) is 4.25. The minimum atomic E-state index is -0.0939. The topological polar surface area (TPSA) is 64.1 Å². The number of nitrogens with two attached hydrogens (primary N) is 1. The summed E-state index contributed by atoms with van der Waals surface area (Å²) in [5.74, 6) is 7.21. The molecule has 1 unspecified atom stereocenters. The van der Waals surface area contributed by atoms with Crippen LogP contribution in [0, 0.1) is 6.92 Å². The Morgan fingerprint density at radius 3 is 2.88 bits per heavy atom. The normalized spacial score (nSPS) is 12.6. The summed E-state index contributed by atoms with van der Waals surface area (Å²) >= 11 is 6.06. The van der Waals surface area contributed by atoms with Crippen molar-refractivity contribution in [2.24, 2.45) is 5.84 Å². The van der Waals surface area contributed by atoms with Crippen LogP contribution in [0.3, 0.4) is 0 Å². The van der Waals surface area contributed by atoms with Gasteiger partial charge in [0.25, 0.3) is 0 Å². The maximum absolute atomic E-state index is 6.06. The van der Waals surface area contributed by atoms with Crippen LogP contribution in [-0.2, 0) is 6.42 Å². The minimum absolute atomic E-state index is 0.0939. The van der Waals surface area contributed by atoms with E-state index in [0.717, 1.165) is 17.1 Å². The van der Waals surface area contributed by atoms with Crippen molar-refractivity contribution in [2.75, 3.05) is 0 Å². The summed E-state index contributed by atoms with van der Waals surface area (Å²) in [6.45, 7) is 1.90. The minimum Gasteiger partial charge on any atom is -0.465 e. The van der Waals surface area contributed by atoms with E-state index in [1.807, 2.05) is 25.1 Å². The number of hydrogen-bond acceptors (Lipinski definition) is 4. The molecule has 90 valence electrons. The van der Waals surface area contributed by atoms with E-state index in [2.05, 4.69) is 10.4 Å².